The highest BCUT2D eigenvalue weighted by atomic mass is 16.4. The van der Waals surface area contributed by atoms with Crippen LogP contribution in [-0.2, 0) is 0 Å². The lowest BCUT2D eigenvalue weighted by Crippen LogP contribution is -2.10. The molecule has 0 aliphatic rings. The molecule has 0 atom stereocenters. The summed E-state index contributed by atoms with van der Waals surface area (Å²) in [5.74, 6) is -1.27. The van der Waals surface area contributed by atoms with Gasteiger partial charge in [-0.2, -0.15) is 0 Å². The number of anilines is 2. The molecule has 7 heteroatoms. The molecular weight excluding hydrogens is 322 g/mol. The van der Waals surface area contributed by atoms with E-state index in [0.717, 1.165) is 5.39 Å². The van der Waals surface area contributed by atoms with Gasteiger partial charge in [0, 0.05) is 27.7 Å². The number of aromatic amines is 1. The second-order valence-corrected chi connectivity index (χ2v) is 5.65. The number of nitrogen functional groups attached to an aromatic ring is 1. The van der Waals surface area contributed by atoms with Crippen LogP contribution in [0.5, 0.6) is 0 Å². The van der Waals surface area contributed by atoms with Crippen LogP contribution < -0.4 is 11.1 Å². The van der Waals surface area contributed by atoms with Gasteiger partial charge in [0.05, 0.1) is 0 Å². The van der Waals surface area contributed by atoms with Crippen molar-refractivity contribution in [3.8, 4) is 0 Å². The highest BCUT2D eigenvalue weighted by Gasteiger charge is 2.14. The number of fused-ring (bicyclic) bond motifs is 2. The molecule has 0 aliphatic carbocycles. The van der Waals surface area contributed by atoms with Crippen LogP contribution in [0.1, 0.15) is 21.0 Å². The summed E-state index contributed by atoms with van der Waals surface area (Å²) in [6, 6.07) is 13.4. The Balaban J connectivity index is 1.62. The zero-order valence-electron chi connectivity index (χ0n) is 12.9. The number of hydrogen-bond donors (Lipinski definition) is 4. The highest BCUT2D eigenvalue weighted by molar-refractivity contribution is 6.06. The summed E-state index contributed by atoms with van der Waals surface area (Å²) in [4.78, 5) is 26.2. The van der Waals surface area contributed by atoms with Gasteiger partial charge in [0.1, 0.15) is 11.3 Å². The molecular formula is C18H13N3O4. The van der Waals surface area contributed by atoms with Crippen LogP contribution in [0.15, 0.2) is 52.9 Å². The van der Waals surface area contributed by atoms with Crippen LogP contribution >= 0.6 is 0 Å². The van der Waals surface area contributed by atoms with Crippen molar-refractivity contribution in [2.24, 2.45) is 0 Å². The molecule has 7 nitrogen and oxygen atoms in total. The van der Waals surface area contributed by atoms with Crippen molar-refractivity contribution < 1.29 is 19.1 Å². The van der Waals surface area contributed by atoms with Gasteiger partial charge in [-0.1, -0.05) is 0 Å². The molecule has 4 aromatic rings. The van der Waals surface area contributed by atoms with Crippen LogP contribution in [0, 0.1) is 0 Å². The molecule has 0 spiro atoms. The molecule has 0 unspecified atom stereocenters. The summed E-state index contributed by atoms with van der Waals surface area (Å²) < 4.78 is 5.53. The average Bonchev–Trinajstić information content (AvgIpc) is 3.17. The lowest BCUT2D eigenvalue weighted by molar-refractivity contribution is 0.0691. The molecule has 4 rings (SSSR count). The Bertz CT molecular complexity index is 1140. The van der Waals surface area contributed by atoms with Crippen LogP contribution in [0.3, 0.4) is 0 Å². The van der Waals surface area contributed by atoms with E-state index in [4.69, 9.17) is 15.3 Å². The Kier molecular flexibility index (Phi) is 3.21. The smallest absolute Gasteiger partial charge is 0.352 e. The number of amides is 1. The molecule has 0 aliphatic heterocycles. The molecule has 2 aromatic carbocycles. The zero-order valence-corrected chi connectivity index (χ0v) is 12.9. The molecule has 0 saturated carbocycles. The Morgan fingerprint density at radius 3 is 2.68 bits per heavy atom. The first kappa shape index (κ1) is 14.8. The molecule has 0 fully saturated rings. The van der Waals surface area contributed by atoms with E-state index in [0.29, 0.717) is 27.9 Å². The quantitative estimate of drug-likeness (QED) is 0.427. The fourth-order valence-corrected chi connectivity index (χ4v) is 2.69. The molecule has 5 N–H and O–H groups in total. The Labute approximate surface area is 141 Å². The van der Waals surface area contributed by atoms with E-state index < -0.39 is 11.9 Å². The first-order valence-electron chi connectivity index (χ1n) is 7.46. The number of rotatable bonds is 3. The molecule has 1 amide bonds. The van der Waals surface area contributed by atoms with Gasteiger partial charge in [0.15, 0.2) is 5.76 Å². The maximum absolute atomic E-state index is 12.4. The van der Waals surface area contributed by atoms with E-state index in [1.807, 2.05) is 0 Å². The SMILES string of the molecule is Nc1ccc2oc(C(=O)Nc3ccc4[nH]c(C(=O)O)cc4c3)cc2c1. The van der Waals surface area contributed by atoms with E-state index in [2.05, 4.69) is 10.3 Å². The standard InChI is InChI=1S/C18H13N3O4/c19-11-1-4-15-10(5-11)8-16(25-15)17(22)20-12-2-3-13-9(6-12)7-14(21-13)18(23)24/h1-8,21H,19H2,(H,20,22)(H,23,24). The average molecular weight is 335 g/mol. The number of H-pyrrole nitrogens is 1. The fraction of sp³-hybridized carbons (Fsp3) is 0. The number of nitrogens with one attached hydrogen (secondary N) is 2. The number of carboxylic acid groups (broad SMARTS) is 1. The van der Waals surface area contributed by atoms with Gasteiger partial charge in [-0.15, -0.1) is 0 Å². The van der Waals surface area contributed by atoms with Crippen LogP contribution in [0.4, 0.5) is 11.4 Å². The second kappa shape index (κ2) is 5.41. The van der Waals surface area contributed by atoms with Crippen molar-refractivity contribution in [1.29, 1.82) is 0 Å². The van der Waals surface area contributed by atoms with Crippen molar-refractivity contribution in [3.05, 3.63) is 60.0 Å². The van der Waals surface area contributed by atoms with Gasteiger partial charge in [-0.05, 0) is 48.5 Å². The number of carbonyl (C=O) groups excluding carboxylic acids is 1. The van der Waals surface area contributed by atoms with Crippen LogP contribution in [0.25, 0.3) is 21.9 Å². The number of carbonyl (C=O) groups is 2. The van der Waals surface area contributed by atoms with Crippen LogP contribution in [-0.4, -0.2) is 22.0 Å². The van der Waals surface area contributed by atoms with Gasteiger partial charge >= 0.3 is 5.97 Å². The minimum Gasteiger partial charge on any atom is -0.477 e. The fourth-order valence-electron chi connectivity index (χ4n) is 2.69. The van der Waals surface area contributed by atoms with E-state index in [1.165, 1.54) is 6.07 Å². The number of hydrogen-bond acceptors (Lipinski definition) is 4. The summed E-state index contributed by atoms with van der Waals surface area (Å²) in [6.45, 7) is 0. The van der Waals surface area contributed by atoms with Gasteiger partial charge in [0.25, 0.3) is 5.91 Å². The summed E-state index contributed by atoms with van der Waals surface area (Å²) in [7, 11) is 0. The van der Waals surface area contributed by atoms with Crippen molar-refractivity contribution in [1.82, 2.24) is 4.98 Å². The minimum absolute atomic E-state index is 0.0911. The van der Waals surface area contributed by atoms with Gasteiger partial charge in [-0.25, -0.2) is 4.79 Å². The summed E-state index contributed by atoms with van der Waals surface area (Å²) in [5.41, 5.74) is 8.19. The van der Waals surface area contributed by atoms with E-state index in [-0.39, 0.29) is 11.5 Å². The first-order valence-corrected chi connectivity index (χ1v) is 7.46. The van der Waals surface area contributed by atoms with E-state index >= 15 is 0 Å². The van der Waals surface area contributed by atoms with Crippen LogP contribution in [0.2, 0.25) is 0 Å². The first-order chi connectivity index (χ1) is 12.0. The topological polar surface area (TPSA) is 121 Å². The summed E-state index contributed by atoms with van der Waals surface area (Å²) in [5, 5.41) is 13.2. The molecule has 124 valence electrons. The van der Waals surface area contributed by atoms with Crippen molar-refractivity contribution in [2.45, 2.75) is 0 Å². The highest BCUT2D eigenvalue weighted by Crippen LogP contribution is 2.24. The van der Waals surface area contributed by atoms with E-state index in [9.17, 15) is 9.59 Å². The van der Waals surface area contributed by atoms with Crippen molar-refractivity contribution in [2.75, 3.05) is 11.1 Å². The Morgan fingerprint density at radius 1 is 1.04 bits per heavy atom. The van der Waals surface area contributed by atoms with Gasteiger partial charge < -0.3 is 25.6 Å². The van der Waals surface area contributed by atoms with Crippen molar-refractivity contribution in [3.63, 3.8) is 0 Å². The third kappa shape index (κ3) is 2.67. The molecule has 0 bridgehead atoms. The summed E-state index contributed by atoms with van der Waals surface area (Å²) >= 11 is 0. The zero-order chi connectivity index (χ0) is 17.6. The minimum atomic E-state index is -1.04. The molecule has 0 radical (unpaired) electrons. The number of benzene rings is 2. The predicted molar refractivity (Wildman–Crippen MR) is 93.8 cm³/mol. The Morgan fingerprint density at radius 2 is 1.88 bits per heavy atom. The van der Waals surface area contributed by atoms with Gasteiger partial charge in [0.2, 0.25) is 0 Å². The summed E-state index contributed by atoms with van der Waals surface area (Å²) in [6.07, 6.45) is 0. The Hall–Kier alpha value is -3.74. The van der Waals surface area contributed by atoms with E-state index in [1.54, 1.807) is 42.5 Å². The number of carboxylic acids is 1. The second-order valence-electron chi connectivity index (χ2n) is 5.65. The number of aromatic carboxylic acids is 1. The third-order valence-corrected chi connectivity index (χ3v) is 3.87. The lowest BCUT2D eigenvalue weighted by atomic mass is 10.2. The molecule has 25 heavy (non-hydrogen) atoms. The lowest BCUT2D eigenvalue weighted by Gasteiger charge is -2.03. The maximum Gasteiger partial charge on any atom is 0.352 e. The van der Waals surface area contributed by atoms with Crippen molar-refractivity contribution >= 4 is 45.1 Å². The number of furan rings is 1. The number of aromatic nitrogens is 1. The maximum atomic E-state index is 12.4. The largest absolute Gasteiger partial charge is 0.477 e. The third-order valence-electron chi connectivity index (χ3n) is 3.87. The monoisotopic (exact) mass is 335 g/mol. The predicted octanol–water partition coefficient (Wildman–Crippen LogP) is 3.45. The molecule has 2 aromatic heterocycles. The normalized spacial score (nSPS) is 11.0. The molecule has 0 saturated heterocycles. The van der Waals surface area contributed by atoms with Gasteiger partial charge in [-0.3, -0.25) is 4.79 Å². The number of nitrogens with two attached hydrogens (primary N) is 1. The molecule has 2 heterocycles.